The Morgan fingerprint density at radius 1 is 1.25 bits per heavy atom. The van der Waals surface area contributed by atoms with Crippen molar-refractivity contribution in [2.45, 2.75) is 32.8 Å². The van der Waals surface area contributed by atoms with Crippen molar-refractivity contribution in [1.29, 1.82) is 0 Å². The Bertz CT molecular complexity index is 664. The van der Waals surface area contributed by atoms with Gasteiger partial charge in [-0.2, -0.15) is 0 Å². The summed E-state index contributed by atoms with van der Waals surface area (Å²) in [4.78, 5) is 28.0. The van der Waals surface area contributed by atoms with Crippen LogP contribution in [0, 0.1) is 0 Å². The Morgan fingerprint density at radius 2 is 1.95 bits per heavy atom. The first-order valence-corrected chi connectivity index (χ1v) is 6.51. The second-order valence-corrected chi connectivity index (χ2v) is 5.64. The van der Waals surface area contributed by atoms with E-state index in [1.165, 1.54) is 0 Å². The minimum Gasteiger partial charge on any atom is -0.444 e. The molecule has 0 spiro atoms. The van der Waals surface area contributed by atoms with E-state index in [9.17, 15) is 9.59 Å². The van der Waals surface area contributed by atoms with Crippen LogP contribution in [0.4, 0.5) is 4.79 Å². The number of hydrogen-bond donors (Lipinski definition) is 3. The van der Waals surface area contributed by atoms with Crippen molar-refractivity contribution in [1.82, 2.24) is 15.3 Å². The number of alkyl carbamates (subject to hydrolysis) is 1. The molecular weight excluding hydrogens is 258 g/mol. The largest absolute Gasteiger partial charge is 0.444 e. The van der Waals surface area contributed by atoms with Gasteiger partial charge in [0.15, 0.2) is 0 Å². The maximum absolute atomic E-state index is 11.5. The molecule has 1 amide bonds. The van der Waals surface area contributed by atoms with Crippen LogP contribution in [0.3, 0.4) is 0 Å². The van der Waals surface area contributed by atoms with Gasteiger partial charge in [0.1, 0.15) is 5.60 Å². The highest BCUT2D eigenvalue weighted by Gasteiger charge is 2.15. The van der Waals surface area contributed by atoms with Crippen LogP contribution in [-0.2, 0) is 11.2 Å². The molecule has 1 heterocycles. The minimum absolute atomic E-state index is 0.218. The zero-order valence-electron chi connectivity index (χ0n) is 11.9. The molecule has 0 aliphatic heterocycles. The predicted molar refractivity (Wildman–Crippen MR) is 76.9 cm³/mol. The molecule has 20 heavy (non-hydrogen) atoms. The summed E-state index contributed by atoms with van der Waals surface area (Å²) in [5, 5.41) is 2.70. The molecule has 0 unspecified atom stereocenters. The fourth-order valence-electron chi connectivity index (χ4n) is 1.86. The van der Waals surface area contributed by atoms with Gasteiger partial charge in [-0.25, -0.2) is 9.59 Å². The summed E-state index contributed by atoms with van der Waals surface area (Å²) in [5.74, 6) is 0. The van der Waals surface area contributed by atoms with E-state index >= 15 is 0 Å². The molecule has 1 aromatic carbocycles. The van der Waals surface area contributed by atoms with E-state index in [0.29, 0.717) is 13.0 Å². The predicted octanol–water partition coefficient (Wildman–Crippen LogP) is 1.92. The Kier molecular flexibility index (Phi) is 3.83. The van der Waals surface area contributed by atoms with Gasteiger partial charge in [0, 0.05) is 6.54 Å². The molecule has 0 fully saturated rings. The van der Waals surface area contributed by atoms with Crippen molar-refractivity contribution in [3.8, 4) is 0 Å². The van der Waals surface area contributed by atoms with Gasteiger partial charge >= 0.3 is 11.8 Å². The minimum atomic E-state index is -0.492. The number of aromatic amines is 2. The molecular formula is C14H19N3O3. The number of hydrogen-bond acceptors (Lipinski definition) is 3. The van der Waals surface area contributed by atoms with Crippen molar-refractivity contribution >= 4 is 17.1 Å². The smallest absolute Gasteiger partial charge is 0.407 e. The van der Waals surface area contributed by atoms with Crippen molar-refractivity contribution in [2.24, 2.45) is 0 Å². The zero-order chi connectivity index (χ0) is 14.8. The molecule has 2 aromatic rings. The van der Waals surface area contributed by atoms with Gasteiger partial charge in [0.25, 0.3) is 0 Å². The van der Waals surface area contributed by atoms with Gasteiger partial charge in [0.2, 0.25) is 0 Å². The third kappa shape index (κ3) is 3.88. The Labute approximate surface area is 116 Å². The second kappa shape index (κ2) is 5.40. The monoisotopic (exact) mass is 277 g/mol. The molecule has 108 valence electrons. The first kappa shape index (κ1) is 14.2. The van der Waals surface area contributed by atoms with Gasteiger partial charge < -0.3 is 20.0 Å². The molecule has 0 saturated carbocycles. The van der Waals surface area contributed by atoms with Gasteiger partial charge in [-0.1, -0.05) is 6.07 Å². The summed E-state index contributed by atoms with van der Waals surface area (Å²) >= 11 is 0. The number of fused-ring (bicyclic) bond motifs is 1. The quantitative estimate of drug-likeness (QED) is 0.801. The molecule has 1 aromatic heterocycles. The molecule has 0 aliphatic rings. The van der Waals surface area contributed by atoms with Crippen molar-refractivity contribution < 1.29 is 9.53 Å². The third-order valence-corrected chi connectivity index (χ3v) is 2.66. The Morgan fingerprint density at radius 3 is 2.65 bits per heavy atom. The fourth-order valence-corrected chi connectivity index (χ4v) is 1.86. The number of carbonyl (C=O) groups excluding carboxylic acids is 1. The van der Waals surface area contributed by atoms with Crippen LogP contribution in [0.5, 0.6) is 0 Å². The van der Waals surface area contributed by atoms with Crippen LogP contribution >= 0.6 is 0 Å². The van der Waals surface area contributed by atoms with Crippen molar-refractivity contribution in [3.05, 3.63) is 34.2 Å². The summed E-state index contributed by atoms with van der Waals surface area (Å²) in [6.07, 6.45) is 0.246. The maximum atomic E-state index is 11.5. The summed E-state index contributed by atoms with van der Waals surface area (Å²) in [5.41, 5.74) is 1.87. The van der Waals surface area contributed by atoms with Crippen LogP contribution in [0.15, 0.2) is 23.0 Å². The van der Waals surface area contributed by atoms with Gasteiger partial charge in [-0.3, -0.25) is 0 Å². The SMILES string of the molecule is CC(C)(C)OC(=O)NCCc1ccc2[nH]c(=O)[nH]c2c1. The first-order chi connectivity index (χ1) is 9.33. The zero-order valence-corrected chi connectivity index (χ0v) is 11.9. The lowest BCUT2D eigenvalue weighted by atomic mass is 10.1. The highest BCUT2D eigenvalue weighted by Crippen LogP contribution is 2.10. The van der Waals surface area contributed by atoms with Crippen LogP contribution in [0.25, 0.3) is 11.0 Å². The Hall–Kier alpha value is -2.24. The van der Waals surface area contributed by atoms with Crippen LogP contribution in [0.1, 0.15) is 26.3 Å². The highest BCUT2D eigenvalue weighted by molar-refractivity contribution is 5.75. The van der Waals surface area contributed by atoms with E-state index in [1.807, 2.05) is 39.0 Å². The maximum Gasteiger partial charge on any atom is 0.407 e. The molecule has 3 N–H and O–H groups in total. The molecule has 0 bridgehead atoms. The van der Waals surface area contributed by atoms with Crippen molar-refractivity contribution in [3.63, 3.8) is 0 Å². The Balaban J connectivity index is 1.89. The number of rotatable bonds is 3. The molecule has 6 nitrogen and oxygen atoms in total. The summed E-state index contributed by atoms with van der Waals surface area (Å²) in [6.45, 7) is 5.95. The highest BCUT2D eigenvalue weighted by atomic mass is 16.6. The molecule has 0 radical (unpaired) electrons. The van der Waals surface area contributed by atoms with E-state index < -0.39 is 11.7 Å². The van der Waals surface area contributed by atoms with E-state index in [2.05, 4.69) is 15.3 Å². The molecule has 2 rings (SSSR count). The molecule has 0 atom stereocenters. The normalized spacial score (nSPS) is 11.6. The first-order valence-electron chi connectivity index (χ1n) is 6.51. The van der Waals surface area contributed by atoms with E-state index in [1.54, 1.807) is 0 Å². The fraction of sp³-hybridized carbons (Fsp3) is 0.429. The number of H-pyrrole nitrogens is 2. The third-order valence-electron chi connectivity index (χ3n) is 2.66. The number of imidazole rings is 1. The molecule has 6 heteroatoms. The van der Waals surface area contributed by atoms with Gasteiger partial charge in [0.05, 0.1) is 11.0 Å². The number of amides is 1. The number of nitrogens with one attached hydrogen (secondary N) is 3. The van der Waals surface area contributed by atoms with E-state index in [0.717, 1.165) is 16.6 Å². The molecule has 0 aliphatic carbocycles. The van der Waals surface area contributed by atoms with Crippen LogP contribution < -0.4 is 11.0 Å². The average molecular weight is 277 g/mol. The summed E-state index contributed by atoms with van der Waals surface area (Å²) in [6, 6.07) is 5.66. The number of carbonyl (C=O) groups is 1. The van der Waals surface area contributed by atoms with E-state index in [-0.39, 0.29) is 5.69 Å². The lowest BCUT2D eigenvalue weighted by molar-refractivity contribution is 0.0528. The number of aromatic nitrogens is 2. The second-order valence-electron chi connectivity index (χ2n) is 5.64. The topological polar surface area (TPSA) is 87.0 Å². The number of benzene rings is 1. The standard InChI is InChI=1S/C14H19N3O3/c1-14(2,3)20-13(19)15-7-6-9-4-5-10-11(8-9)17-12(18)16-10/h4-5,8H,6-7H2,1-3H3,(H,15,19)(H2,16,17,18). The van der Waals surface area contributed by atoms with Crippen LogP contribution in [0.2, 0.25) is 0 Å². The summed E-state index contributed by atoms with van der Waals surface area (Å²) < 4.78 is 5.15. The average Bonchev–Trinajstić information content (AvgIpc) is 2.66. The van der Waals surface area contributed by atoms with Gasteiger partial charge in [-0.05, 0) is 44.9 Å². The summed E-state index contributed by atoms with van der Waals surface area (Å²) in [7, 11) is 0. The molecule has 0 saturated heterocycles. The van der Waals surface area contributed by atoms with Crippen LogP contribution in [-0.4, -0.2) is 28.2 Å². The van der Waals surface area contributed by atoms with E-state index in [4.69, 9.17) is 4.74 Å². The lowest BCUT2D eigenvalue weighted by Crippen LogP contribution is -2.33. The van der Waals surface area contributed by atoms with Gasteiger partial charge in [-0.15, -0.1) is 0 Å². The van der Waals surface area contributed by atoms with Crippen molar-refractivity contribution in [2.75, 3.05) is 6.54 Å². The lowest BCUT2D eigenvalue weighted by Gasteiger charge is -2.19. The number of ether oxygens (including phenoxy) is 1.